The second-order valence-electron chi connectivity index (χ2n) is 8.79. The molecule has 168 valence electrons. The summed E-state index contributed by atoms with van der Waals surface area (Å²) >= 11 is 0. The molecule has 0 unspecified atom stereocenters. The maximum absolute atomic E-state index is 6.50. The van der Waals surface area contributed by atoms with Gasteiger partial charge in [0.2, 0.25) is 0 Å². The Labute approximate surface area is 186 Å². The van der Waals surface area contributed by atoms with E-state index in [1.54, 1.807) is 7.11 Å². The van der Waals surface area contributed by atoms with Gasteiger partial charge in [-0.25, -0.2) is 0 Å². The number of rotatable bonds is 9. The summed E-state index contributed by atoms with van der Waals surface area (Å²) in [6, 6.07) is 15.4. The number of ether oxygens (including phenoxy) is 3. The third kappa shape index (κ3) is 6.00. The van der Waals surface area contributed by atoms with E-state index in [1.807, 2.05) is 0 Å². The number of likely N-dealkylation sites (tertiary alicyclic amines) is 1. The smallest absolute Gasteiger partial charge is 0.119 e. The second kappa shape index (κ2) is 11.0. The fraction of sp³-hybridized carbons (Fsp3) is 0.538. The van der Waals surface area contributed by atoms with Crippen molar-refractivity contribution in [3.63, 3.8) is 0 Å². The van der Waals surface area contributed by atoms with Gasteiger partial charge in [0.1, 0.15) is 5.75 Å². The molecule has 2 atom stereocenters. The van der Waals surface area contributed by atoms with Gasteiger partial charge in [0.25, 0.3) is 0 Å². The first kappa shape index (κ1) is 22.1. The minimum absolute atomic E-state index is 0.191. The summed E-state index contributed by atoms with van der Waals surface area (Å²) in [6.07, 6.45) is 4.60. The van der Waals surface area contributed by atoms with Crippen LogP contribution in [0, 0.1) is 0 Å². The lowest BCUT2D eigenvalue weighted by Crippen LogP contribution is -2.42. The fourth-order valence-corrected chi connectivity index (χ4v) is 4.63. The summed E-state index contributed by atoms with van der Waals surface area (Å²) in [4.78, 5) is 2.38. The average molecular weight is 425 g/mol. The van der Waals surface area contributed by atoms with Gasteiger partial charge in [0.05, 0.1) is 19.3 Å². The van der Waals surface area contributed by atoms with Crippen LogP contribution in [0.2, 0.25) is 0 Å². The molecule has 2 aliphatic rings. The summed E-state index contributed by atoms with van der Waals surface area (Å²) < 4.78 is 17.4. The topological polar surface area (TPSA) is 43.0 Å². The van der Waals surface area contributed by atoms with Crippen molar-refractivity contribution in [1.82, 2.24) is 4.90 Å². The van der Waals surface area contributed by atoms with Crippen LogP contribution in [0.15, 0.2) is 42.5 Å². The largest absolute Gasteiger partial charge is 0.494 e. The number of benzene rings is 2. The fourth-order valence-electron chi connectivity index (χ4n) is 4.63. The van der Waals surface area contributed by atoms with Gasteiger partial charge in [0, 0.05) is 44.8 Å². The molecule has 2 heterocycles. The van der Waals surface area contributed by atoms with E-state index in [9.17, 15) is 0 Å². The zero-order chi connectivity index (χ0) is 21.5. The van der Waals surface area contributed by atoms with Crippen LogP contribution in [0.1, 0.15) is 41.9 Å². The van der Waals surface area contributed by atoms with Gasteiger partial charge in [0.15, 0.2) is 0 Å². The Hall–Kier alpha value is -2.08. The van der Waals surface area contributed by atoms with E-state index in [2.05, 4.69) is 59.7 Å². The highest BCUT2D eigenvalue weighted by Gasteiger charge is 2.30. The van der Waals surface area contributed by atoms with Crippen LogP contribution in [0.25, 0.3) is 0 Å². The zero-order valence-corrected chi connectivity index (χ0v) is 18.9. The monoisotopic (exact) mass is 424 g/mol. The highest BCUT2D eigenvalue weighted by Crippen LogP contribution is 2.32. The Kier molecular flexibility index (Phi) is 7.84. The Morgan fingerprint density at radius 2 is 1.97 bits per heavy atom. The minimum Gasteiger partial charge on any atom is -0.494 e. The molecule has 5 nitrogen and oxygen atoms in total. The number of hydrogen-bond donors (Lipinski definition) is 1. The van der Waals surface area contributed by atoms with Crippen LogP contribution < -0.4 is 10.1 Å². The van der Waals surface area contributed by atoms with Crippen LogP contribution in [0.4, 0.5) is 5.69 Å². The quantitative estimate of drug-likeness (QED) is 0.602. The number of methoxy groups -OCH3 is 1. The van der Waals surface area contributed by atoms with Gasteiger partial charge in [-0.15, -0.1) is 0 Å². The van der Waals surface area contributed by atoms with Crippen molar-refractivity contribution in [3.8, 4) is 5.75 Å². The van der Waals surface area contributed by atoms with E-state index in [4.69, 9.17) is 14.2 Å². The third-order valence-corrected chi connectivity index (χ3v) is 6.41. The maximum atomic E-state index is 6.50. The van der Waals surface area contributed by atoms with E-state index in [1.165, 1.54) is 35.2 Å². The minimum atomic E-state index is 0.191. The number of nitrogens with one attached hydrogen (secondary N) is 1. The molecule has 2 aromatic rings. The Morgan fingerprint density at radius 3 is 2.81 bits per heavy atom. The van der Waals surface area contributed by atoms with Gasteiger partial charge in [-0.05, 0) is 67.7 Å². The van der Waals surface area contributed by atoms with E-state index in [0.29, 0.717) is 19.1 Å². The van der Waals surface area contributed by atoms with Crippen molar-refractivity contribution in [3.05, 3.63) is 59.2 Å². The molecule has 5 heteroatoms. The number of anilines is 1. The molecule has 2 aromatic carbocycles. The molecule has 0 radical (unpaired) electrons. The third-order valence-electron chi connectivity index (χ3n) is 6.41. The summed E-state index contributed by atoms with van der Waals surface area (Å²) in [6.45, 7) is 5.20. The number of piperidine rings is 1. The molecular weight excluding hydrogens is 388 g/mol. The molecule has 1 saturated heterocycles. The van der Waals surface area contributed by atoms with Crippen molar-refractivity contribution in [2.45, 2.75) is 44.3 Å². The van der Waals surface area contributed by atoms with E-state index in [-0.39, 0.29) is 6.10 Å². The Morgan fingerprint density at radius 1 is 1.10 bits per heavy atom. The molecule has 0 aliphatic carbocycles. The number of nitrogens with zero attached hydrogens (tertiary/aromatic N) is 1. The van der Waals surface area contributed by atoms with Gasteiger partial charge in [-0.3, -0.25) is 0 Å². The molecule has 0 saturated carbocycles. The molecule has 0 bridgehead atoms. The van der Waals surface area contributed by atoms with E-state index >= 15 is 0 Å². The standard InChI is InChI=1S/C26H36N2O3/c1-28-14-12-24(21-8-10-23(11-9-21)30-16-4-15-29-2)26(18-28)31-19-20-6-7-22-5-3-13-27-25(22)17-20/h6-11,17,24,26-27H,3-5,12-16,18-19H2,1-2H3/t24-,26+/m1/s1. The van der Waals surface area contributed by atoms with E-state index in [0.717, 1.165) is 44.8 Å². The van der Waals surface area contributed by atoms with Crippen molar-refractivity contribution in [2.75, 3.05) is 52.3 Å². The van der Waals surface area contributed by atoms with Crippen LogP contribution >= 0.6 is 0 Å². The molecule has 4 rings (SSSR count). The van der Waals surface area contributed by atoms with Crippen LogP contribution in [-0.2, 0) is 22.5 Å². The summed E-state index contributed by atoms with van der Waals surface area (Å²) in [5.41, 5.74) is 5.30. The first-order valence-corrected chi connectivity index (χ1v) is 11.6. The van der Waals surface area contributed by atoms with Gasteiger partial charge >= 0.3 is 0 Å². The summed E-state index contributed by atoms with van der Waals surface area (Å²) in [5, 5.41) is 3.53. The van der Waals surface area contributed by atoms with Crippen molar-refractivity contribution >= 4 is 5.69 Å². The normalized spacial score (nSPS) is 21.4. The molecule has 1 fully saturated rings. The van der Waals surface area contributed by atoms with Gasteiger partial charge in [-0.2, -0.15) is 0 Å². The molecular formula is C26H36N2O3. The molecule has 1 N–H and O–H groups in total. The second-order valence-corrected chi connectivity index (χ2v) is 8.79. The number of fused-ring (bicyclic) bond motifs is 1. The average Bonchev–Trinajstić information content (AvgIpc) is 2.81. The highest BCUT2D eigenvalue weighted by atomic mass is 16.5. The van der Waals surface area contributed by atoms with Crippen molar-refractivity contribution in [1.29, 1.82) is 0 Å². The predicted octanol–water partition coefficient (Wildman–Crippen LogP) is 4.46. The first-order chi connectivity index (χ1) is 15.2. The van der Waals surface area contributed by atoms with Gasteiger partial charge < -0.3 is 24.4 Å². The van der Waals surface area contributed by atoms with E-state index < -0.39 is 0 Å². The number of aryl methyl sites for hydroxylation is 1. The number of hydrogen-bond acceptors (Lipinski definition) is 5. The molecule has 0 aromatic heterocycles. The number of likely N-dealkylation sites (N-methyl/N-ethyl adjacent to an activating group) is 1. The summed E-state index contributed by atoms with van der Waals surface area (Å²) in [7, 11) is 3.91. The lowest BCUT2D eigenvalue weighted by Gasteiger charge is -2.37. The molecule has 0 spiro atoms. The maximum Gasteiger partial charge on any atom is 0.119 e. The first-order valence-electron chi connectivity index (χ1n) is 11.6. The van der Waals surface area contributed by atoms with Crippen LogP contribution in [-0.4, -0.2) is 58.0 Å². The Balaban J connectivity index is 1.37. The SMILES string of the molecule is COCCCOc1ccc([C@H]2CCN(C)C[C@@H]2OCc2ccc3c(c2)NCCC3)cc1. The molecule has 31 heavy (non-hydrogen) atoms. The molecule has 2 aliphatic heterocycles. The lowest BCUT2D eigenvalue weighted by atomic mass is 9.87. The van der Waals surface area contributed by atoms with Crippen LogP contribution in [0.3, 0.4) is 0 Å². The predicted molar refractivity (Wildman–Crippen MR) is 125 cm³/mol. The Bertz CT molecular complexity index is 824. The summed E-state index contributed by atoms with van der Waals surface area (Å²) in [5.74, 6) is 1.33. The van der Waals surface area contributed by atoms with Crippen molar-refractivity contribution < 1.29 is 14.2 Å². The van der Waals surface area contributed by atoms with Gasteiger partial charge in [-0.1, -0.05) is 24.3 Å². The molecule has 0 amide bonds. The lowest BCUT2D eigenvalue weighted by molar-refractivity contribution is -0.0182. The zero-order valence-electron chi connectivity index (χ0n) is 18.9. The van der Waals surface area contributed by atoms with Crippen molar-refractivity contribution in [2.24, 2.45) is 0 Å². The van der Waals surface area contributed by atoms with Crippen LogP contribution in [0.5, 0.6) is 5.75 Å². The highest BCUT2D eigenvalue weighted by molar-refractivity contribution is 5.54.